The van der Waals surface area contributed by atoms with Crippen LogP contribution in [0.3, 0.4) is 0 Å². The maximum absolute atomic E-state index is 13.6. The van der Waals surface area contributed by atoms with Gasteiger partial charge >= 0.3 is 5.97 Å². The molecule has 2 aromatic heterocycles. The summed E-state index contributed by atoms with van der Waals surface area (Å²) in [4.78, 5) is 56.4. The minimum Gasteiger partial charge on any atom is -0.458 e. The largest absolute Gasteiger partial charge is 0.458 e. The van der Waals surface area contributed by atoms with Crippen molar-refractivity contribution in [3.05, 3.63) is 56.4 Å². The maximum Gasteiger partial charge on any atom is 0.343 e. The smallest absolute Gasteiger partial charge is 0.343 e. The van der Waals surface area contributed by atoms with Gasteiger partial charge in [0.1, 0.15) is 6.61 Å². The highest BCUT2D eigenvalue weighted by Gasteiger charge is 2.45. The van der Waals surface area contributed by atoms with Gasteiger partial charge in [-0.2, -0.15) is 0 Å². The lowest BCUT2D eigenvalue weighted by Gasteiger charge is -2.31. The topological polar surface area (TPSA) is 154 Å². The highest BCUT2D eigenvalue weighted by atomic mass is 16.6. The van der Waals surface area contributed by atoms with Gasteiger partial charge in [0.05, 0.1) is 34.9 Å². The summed E-state index contributed by atoms with van der Waals surface area (Å²) in [6.45, 7) is 7.32. The summed E-state index contributed by atoms with van der Waals surface area (Å²) < 4.78 is 6.83. The number of aliphatic hydroxyl groups is 1. The summed E-state index contributed by atoms with van der Waals surface area (Å²) >= 11 is 0. The number of cyclic esters (lactones) is 1. The molecule has 10 nitrogen and oxygen atoms in total. The number of carbonyl (C=O) groups excluding carboxylic acids is 3. The standard InChI is InChI=1S/C31H34N4O6/c1-5-31(40)20-11-23-26-18(12-35(23)29(38)19(20)13-41-30(31)39)16-7-6-8-17-21(9-10-22(33-26)25(16)17)34-28(37)15(4)24(14(2)3)27(32)36/h9-11,14-15,24,40H,5-8,12-13H2,1-4H3,(H2,32,36)(H,34,37)/t15-,24?,31-/m0/s1. The predicted molar refractivity (Wildman–Crippen MR) is 152 cm³/mol. The lowest BCUT2D eigenvalue weighted by molar-refractivity contribution is -0.172. The van der Waals surface area contributed by atoms with Gasteiger partial charge in [0, 0.05) is 28.1 Å². The highest BCUT2D eigenvalue weighted by molar-refractivity contribution is 6.01. The zero-order valence-electron chi connectivity index (χ0n) is 23.7. The fourth-order valence-corrected chi connectivity index (χ4v) is 7.00. The first-order valence-electron chi connectivity index (χ1n) is 14.2. The number of esters is 1. The molecule has 3 atom stereocenters. The number of hydrogen-bond donors (Lipinski definition) is 3. The van der Waals surface area contributed by atoms with Gasteiger partial charge in [-0.25, -0.2) is 9.78 Å². The molecule has 4 heterocycles. The van der Waals surface area contributed by atoms with Crippen molar-refractivity contribution < 1.29 is 24.2 Å². The normalized spacial score (nSPS) is 20.2. The van der Waals surface area contributed by atoms with E-state index in [1.807, 2.05) is 26.0 Å². The van der Waals surface area contributed by atoms with Gasteiger partial charge in [-0.3, -0.25) is 14.4 Å². The maximum atomic E-state index is 13.6. The number of anilines is 1. The van der Waals surface area contributed by atoms with Crippen LogP contribution in [-0.4, -0.2) is 32.4 Å². The lowest BCUT2D eigenvalue weighted by Crippen LogP contribution is -2.44. The average Bonchev–Trinajstić information content (AvgIpc) is 3.31. The van der Waals surface area contributed by atoms with Gasteiger partial charge in [0.2, 0.25) is 11.8 Å². The van der Waals surface area contributed by atoms with Gasteiger partial charge in [-0.05, 0) is 60.9 Å². The van der Waals surface area contributed by atoms with E-state index >= 15 is 0 Å². The van der Waals surface area contributed by atoms with Crippen LogP contribution >= 0.6 is 0 Å². The lowest BCUT2D eigenvalue weighted by atomic mass is 9.83. The molecule has 6 rings (SSSR count). The van der Waals surface area contributed by atoms with Gasteiger partial charge < -0.3 is 25.5 Å². The molecule has 2 amide bonds. The SMILES string of the molecule is CC[C@@]1(O)C(=O)OCc2c1cc1n(c2=O)Cc2c-1nc1ccc(NC(=O)[C@@H](C)C(C(N)=O)C(C)C)c3c1c2CCC3. The van der Waals surface area contributed by atoms with E-state index in [9.17, 15) is 24.3 Å². The number of amides is 2. The van der Waals surface area contributed by atoms with E-state index in [0.29, 0.717) is 34.7 Å². The van der Waals surface area contributed by atoms with Gasteiger partial charge in [0.25, 0.3) is 5.56 Å². The molecule has 0 radical (unpaired) electrons. The van der Waals surface area contributed by atoms with Crippen molar-refractivity contribution in [2.75, 3.05) is 5.32 Å². The third kappa shape index (κ3) is 3.91. The molecule has 41 heavy (non-hydrogen) atoms. The molecule has 2 aliphatic heterocycles. The first kappa shape index (κ1) is 27.1. The van der Waals surface area contributed by atoms with E-state index in [1.54, 1.807) is 24.5 Å². The zero-order valence-corrected chi connectivity index (χ0v) is 23.7. The Kier molecular flexibility index (Phi) is 6.29. The quantitative estimate of drug-likeness (QED) is 0.308. The molecule has 1 aliphatic carbocycles. The average molecular weight is 559 g/mol. The first-order valence-corrected chi connectivity index (χ1v) is 14.2. The van der Waals surface area contributed by atoms with Gasteiger partial charge in [-0.1, -0.05) is 27.7 Å². The number of nitrogens with two attached hydrogens (primary N) is 1. The molecule has 0 bridgehead atoms. The molecule has 10 heteroatoms. The van der Waals surface area contributed by atoms with Crippen molar-refractivity contribution >= 4 is 34.4 Å². The van der Waals surface area contributed by atoms with E-state index < -0.39 is 29.3 Å². The fourth-order valence-electron chi connectivity index (χ4n) is 7.00. The molecule has 0 spiro atoms. The third-order valence-electron chi connectivity index (χ3n) is 9.19. The number of primary amides is 1. The van der Waals surface area contributed by atoms with Crippen molar-refractivity contribution in [1.82, 2.24) is 9.55 Å². The second-order valence-electron chi connectivity index (χ2n) is 11.8. The van der Waals surface area contributed by atoms with E-state index in [2.05, 4.69) is 5.32 Å². The van der Waals surface area contributed by atoms with Crippen LogP contribution in [0.25, 0.3) is 22.3 Å². The number of hydrogen-bond acceptors (Lipinski definition) is 7. The van der Waals surface area contributed by atoms with Gasteiger partial charge in [0.15, 0.2) is 5.60 Å². The Hall–Kier alpha value is -4.05. The number of fused-ring (bicyclic) bond motifs is 5. The molecule has 1 unspecified atom stereocenters. The molecular formula is C31H34N4O6. The Bertz CT molecular complexity index is 1720. The molecule has 4 N–H and O–H groups in total. The molecule has 0 fully saturated rings. The molecule has 0 saturated carbocycles. The van der Waals surface area contributed by atoms with Crippen LogP contribution in [0.15, 0.2) is 23.0 Å². The van der Waals surface area contributed by atoms with Crippen molar-refractivity contribution in [1.29, 1.82) is 0 Å². The van der Waals surface area contributed by atoms with E-state index in [0.717, 1.165) is 46.9 Å². The molecule has 1 aromatic carbocycles. The van der Waals surface area contributed by atoms with Crippen LogP contribution < -0.4 is 16.6 Å². The zero-order chi connectivity index (χ0) is 29.4. The summed E-state index contributed by atoms with van der Waals surface area (Å²) in [5.41, 5.74) is 9.73. The summed E-state index contributed by atoms with van der Waals surface area (Å²) in [6.07, 6.45) is 2.49. The Morgan fingerprint density at radius 3 is 2.56 bits per heavy atom. The molecule has 214 valence electrons. The second-order valence-corrected chi connectivity index (χ2v) is 11.8. The van der Waals surface area contributed by atoms with E-state index in [4.69, 9.17) is 15.5 Å². The van der Waals surface area contributed by atoms with Crippen LogP contribution in [0, 0.1) is 17.8 Å². The molecule has 0 saturated heterocycles. The number of carbonyl (C=O) groups is 3. The molecule has 3 aliphatic rings. The number of aryl methyl sites for hydroxylation is 2. The summed E-state index contributed by atoms with van der Waals surface area (Å²) in [7, 11) is 0. The molecular weight excluding hydrogens is 524 g/mol. The Morgan fingerprint density at radius 1 is 1.15 bits per heavy atom. The third-order valence-corrected chi connectivity index (χ3v) is 9.19. The van der Waals surface area contributed by atoms with Gasteiger partial charge in [-0.15, -0.1) is 0 Å². The van der Waals surface area contributed by atoms with Crippen molar-refractivity contribution in [3.8, 4) is 11.4 Å². The van der Waals surface area contributed by atoms with Crippen molar-refractivity contribution in [3.63, 3.8) is 0 Å². The van der Waals surface area contributed by atoms with Crippen LogP contribution in [0.1, 0.15) is 68.4 Å². The van der Waals surface area contributed by atoms with Crippen molar-refractivity contribution in [2.24, 2.45) is 23.5 Å². The first-order chi connectivity index (χ1) is 19.5. The second kappa shape index (κ2) is 9.51. The number of benzene rings is 1. The number of nitrogens with zero attached hydrogens (tertiary/aromatic N) is 2. The number of rotatable bonds is 6. The van der Waals surface area contributed by atoms with E-state index in [-0.39, 0.29) is 30.4 Å². The Morgan fingerprint density at radius 2 is 1.88 bits per heavy atom. The fraction of sp³-hybridized carbons (Fsp3) is 0.452. The van der Waals surface area contributed by atoms with Crippen molar-refractivity contribution in [2.45, 2.75) is 72.1 Å². The van der Waals surface area contributed by atoms with E-state index in [1.165, 1.54) is 0 Å². The van der Waals surface area contributed by atoms with Crippen LogP contribution in [-0.2, 0) is 50.7 Å². The number of pyridine rings is 2. The predicted octanol–water partition coefficient (Wildman–Crippen LogP) is 2.90. The van der Waals surface area contributed by atoms with Crippen LogP contribution in [0.2, 0.25) is 0 Å². The number of aromatic nitrogens is 2. The number of nitrogens with one attached hydrogen (secondary N) is 1. The Labute approximate surface area is 236 Å². The molecule has 3 aromatic rings. The minimum absolute atomic E-state index is 0.0738. The summed E-state index contributed by atoms with van der Waals surface area (Å²) in [5, 5.41) is 15.2. The highest BCUT2D eigenvalue weighted by Crippen LogP contribution is 2.43. The Balaban J connectivity index is 1.45. The van der Waals surface area contributed by atoms with Crippen LogP contribution in [0.5, 0.6) is 0 Å². The number of ether oxygens (including phenoxy) is 1. The minimum atomic E-state index is -1.88. The summed E-state index contributed by atoms with van der Waals surface area (Å²) in [6, 6.07) is 5.43. The summed E-state index contributed by atoms with van der Waals surface area (Å²) in [5.74, 6) is -2.75. The monoisotopic (exact) mass is 558 g/mol. The van der Waals surface area contributed by atoms with Crippen LogP contribution in [0.4, 0.5) is 5.69 Å².